The van der Waals surface area contributed by atoms with E-state index in [0.29, 0.717) is 22.3 Å². The van der Waals surface area contributed by atoms with Crippen molar-refractivity contribution in [1.29, 1.82) is 0 Å². The number of benzene rings is 3. The maximum atomic E-state index is 10.5. The predicted molar refractivity (Wildman–Crippen MR) is 159 cm³/mol. The van der Waals surface area contributed by atoms with Crippen LogP contribution in [-0.2, 0) is 9.47 Å². The highest BCUT2D eigenvalue weighted by atomic mass is 16.5. The van der Waals surface area contributed by atoms with Crippen LogP contribution in [0.5, 0.6) is 0 Å². The molecule has 2 aliphatic rings. The van der Waals surface area contributed by atoms with Gasteiger partial charge in [0.2, 0.25) is 0 Å². The number of hydrogen-bond donors (Lipinski definition) is 8. The first-order valence-electron chi connectivity index (χ1n) is 14.2. The van der Waals surface area contributed by atoms with E-state index in [2.05, 4.69) is 23.7 Å². The topological polar surface area (TPSA) is 180 Å². The third kappa shape index (κ3) is 6.57. The lowest BCUT2D eigenvalue weighted by Crippen LogP contribution is -2.58. The number of hydrogen-bond acceptors (Lipinski definition) is 10. The number of aliphatic hydroxyl groups excluding tert-OH is 8. The summed E-state index contributed by atoms with van der Waals surface area (Å²) >= 11 is 0. The van der Waals surface area contributed by atoms with Crippen LogP contribution in [0.15, 0.2) is 72.8 Å². The fourth-order valence-electron chi connectivity index (χ4n) is 5.26. The summed E-state index contributed by atoms with van der Waals surface area (Å²) in [4.78, 5) is 0. The monoisotopic (exact) mass is 602 g/mol. The zero-order valence-electron chi connectivity index (χ0n) is 23.5. The third-order valence-electron chi connectivity index (χ3n) is 7.81. The molecule has 5 rings (SSSR count). The molecule has 0 bridgehead atoms. The Hall–Kier alpha value is -3.62. The molecule has 0 aliphatic carbocycles. The average molecular weight is 603 g/mol. The molecule has 0 spiro atoms. The van der Waals surface area contributed by atoms with Gasteiger partial charge in [-0.2, -0.15) is 0 Å². The number of ether oxygens (including phenoxy) is 2. The van der Waals surface area contributed by atoms with Gasteiger partial charge in [-0.25, -0.2) is 0 Å². The Morgan fingerprint density at radius 1 is 0.500 bits per heavy atom. The van der Waals surface area contributed by atoms with Crippen molar-refractivity contribution in [2.45, 2.75) is 61.0 Å². The minimum Gasteiger partial charge on any atom is -0.394 e. The molecule has 44 heavy (non-hydrogen) atoms. The molecule has 2 aliphatic heterocycles. The summed E-state index contributed by atoms with van der Waals surface area (Å²) in [5.74, 6) is 11.8. The van der Waals surface area contributed by atoms with Crippen LogP contribution in [0.1, 0.15) is 11.1 Å². The molecule has 10 heteroatoms. The average Bonchev–Trinajstić information content (AvgIpc) is 3.06. The maximum absolute atomic E-state index is 10.5. The molecule has 2 fully saturated rings. The van der Waals surface area contributed by atoms with Crippen molar-refractivity contribution >= 4 is 0 Å². The fraction of sp³-hybridized carbons (Fsp3) is 0.353. The van der Waals surface area contributed by atoms with Crippen molar-refractivity contribution in [1.82, 2.24) is 0 Å². The van der Waals surface area contributed by atoms with Gasteiger partial charge in [0.05, 0.1) is 13.2 Å². The molecule has 2 saturated heterocycles. The fourth-order valence-corrected chi connectivity index (χ4v) is 5.26. The van der Waals surface area contributed by atoms with E-state index >= 15 is 0 Å². The van der Waals surface area contributed by atoms with Crippen LogP contribution in [0.3, 0.4) is 0 Å². The minimum atomic E-state index is -1.56. The van der Waals surface area contributed by atoms with Gasteiger partial charge in [0.15, 0.2) is 0 Å². The minimum absolute atomic E-state index is 0.533. The molecule has 8 N–H and O–H groups in total. The molecule has 0 radical (unpaired) electrons. The Kier molecular flexibility index (Phi) is 10.1. The van der Waals surface area contributed by atoms with Gasteiger partial charge in [0, 0.05) is 11.1 Å². The lowest BCUT2D eigenvalue weighted by Gasteiger charge is -2.37. The third-order valence-corrected chi connectivity index (χ3v) is 7.81. The molecule has 0 aromatic heterocycles. The van der Waals surface area contributed by atoms with E-state index in [1.54, 1.807) is 0 Å². The van der Waals surface area contributed by atoms with Gasteiger partial charge in [-0.3, -0.25) is 0 Å². The van der Waals surface area contributed by atoms with Crippen LogP contribution in [0.25, 0.3) is 22.3 Å². The Morgan fingerprint density at radius 3 is 1.20 bits per heavy atom. The molecule has 0 unspecified atom stereocenters. The molecule has 10 nitrogen and oxygen atoms in total. The van der Waals surface area contributed by atoms with Gasteiger partial charge in [0.25, 0.3) is 0 Å². The van der Waals surface area contributed by atoms with Crippen molar-refractivity contribution in [2.24, 2.45) is 0 Å². The Balaban J connectivity index is 1.62. The molecule has 3 aromatic rings. The normalized spacial score (nSPS) is 31.7. The van der Waals surface area contributed by atoms with Crippen molar-refractivity contribution in [3.63, 3.8) is 0 Å². The van der Waals surface area contributed by atoms with E-state index in [4.69, 9.17) is 9.47 Å². The molecule has 0 amide bonds. The van der Waals surface area contributed by atoms with Gasteiger partial charge in [-0.15, -0.1) is 0 Å². The molecular weight excluding hydrogens is 568 g/mol. The zero-order chi connectivity index (χ0) is 31.4. The van der Waals surface area contributed by atoms with E-state index in [1.807, 2.05) is 72.8 Å². The van der Waals surface area contributed by atoms with Gasteiger partial charge in [-0.05, 0) is 34.4 Å². The molecule has 2 heterocycles. The van der Waals surface area contributed by atoms with E-state index in [0.717, 1.165) is 11.1 Å². The standard InChI is InChI=1S/C34H34O10/c35-17-27-31(39)33(41)29(37)25(43-27)13-11-21-16-24(20-9-5-2-6-10-20)22(15-23(21)19-7-3-1-4-8-19)12-14-26-30(38)34(42)32(40)28(18-36)44-26/h1-10,15-16,25-42H,17-18H2/t25-,26-,27-,28-,29-,30-,31-,32-,33-,34-/m1/s1. The largest absolute Gasteiger partial charge is 0.394 e. The Labute approximate surface area is 254 Å². The summed E-state index contributed by atoms with van der Waals surface area (Å²) < 4.78 is 11.2. The maximum Gasteiger partial charge on any atom is 0.147 e. The highest BCUT2D eigenvalue weighted by molar-refractivity contribution is 5.81. The van der Waals surface area contributed by atoms with Crippen LogP contribution in [0.2, 0.25) is 0 Å². The Morgan fingerprint density at radius 2 is 0.864 bits per heavy atom. The Bertz CT molecular complexity index is 1420. The quantitative estimate of drug-likeness (QED) is 0.180. The van der Waals surface area contributed by atoms with E-state index < -0.39 is 74.3 Å². The molecule has 3 aromatic carbocycles. The van der Waals surface area contributed by atoms with Gasteiger partial charge >= 0.3 is 0 Å². The molecule has 10 atom stereocenters. The molecule has 230 valence electrons. The van der Waals surface area contributed by atoms with Gasteiger partial charge in [-0.1, -0.05) is 84.3 Å². The number of aliphatic hydroxyl groups is 8. The smallest absolute Gasteiger partial charge is 0.147 e. The highest BCUT2D eigenvalue weighted by Crippen LogP contribution is 2.33. The van der Waals surface area contributed by atoms with Gasteiger partial charge in [0.1, 0.15) is 61.0 Å². The summed E-state index contributed by atoms with van der Waals surface area (Å²) in [7, 11) is 0. The van der Waals surface area contributed by atoms with Crippen LogP contribution in [0.4, 0.5) is 0 Å². The molecular formula is C34H34O10. The summed E-state index contributed by atoms with van der Waals surface area (Å²) in [6.07, 6.45) is -13.7. The first-order valence-corrected chi connectivity index (χ1v) is 14.2. The summed E-state index contributed by atoms with van der Waals surface area (Å²) in [5.41, 5.74) is 3.99. The first kappa shape index (κ1) is 31.8. The zero-order valence-corrected chi connectivity index (χ0v) is 23.5. The van der Waals surface area contributed by atoms with Gasteiger partial charge < -0.3 is 50.3 Å². The van der Waals surface area contributed by atoms with Crippen molar-refractivity contribution in [2.75, 3.05) is 13.2 Å². The highest BCUT2D eigenvalue weighted by Gasteiger charge is 2.43. The van der Waals surface area contributed by atoms with Crippen LogP contribution >= 0.6 is 0 Å². The van der Waals surface area contributed by atoms with E-state index in [-0.39, 0.29) is 0 Å². The second-order valence-electron chi connectivity index (χ2n) is 10.7. The van der Waals surface area contributed by atoms with E-state index in [9.17, 15) is 40.9 Å². The van der Waals surface area contributed by atoms with Crippen LogP contribution in [-0.4, -0.2) is 115 Å². The summed E-state index contributed by atoms with van der Waals surface area (Å²) in [6.45, 7) is -1.14. The predicted octanol–water partition coefficient (Wildman–Crippen LogP) is -0.592. The van der Waals surface area contributed by atoms with Crippen LogP contribution in [0, 0.1) is 23.7 Å². The summed E-state index contributed by atoms with van der Waals surface area (Å²) in [5, 5.41) is 80.9. The first-order chi connectivity index (χ1) is 21.2. The SMILES string of the molecule is OC[C@H]1O[C@H](C#Cc2cc(-c3ccccc3)c(C#C[C@H]3O[C@H](CO)[C@@H](O)[C@H](O)[C@@H]3O)cc2-c2ccccc2)[C@@H](O)[C@@H](O)[C@@H]1O. The van der Waals surface area contributed by atoms with Crippen molar-refractivity contribution in [3.8, 4) is 45.9 Å². The van der Waals surface area contributed by atoms with Crippen LogP contribution < -0.4 is 0 Å². The lowest BCUT2D eigenvalue weighted by atomic mass is 9.90. The lowest BCUT2D eigenvalue weighted by molar-refractivity contribution is -0.214. The number of rotatable bonds is 4. The van der Waals surface area contributed by atoms with E-state index in [1.165, 1.54) is 0 Å². The second kappa shape index (κ2) is 14.0. The molecule has 0 saturated carbocycles. The summed E-state index contributed by atoms with van der Waals surface area (Å²) in [6, 6.07) is 22.3. The van der Waals surface area contributed by atoms with Crippen molar-refractivity contribution < 1.29 is 50.3 Å². The van der Waals surface area contributed by atoms with Crippen molar-refractivity contribution in [3.05, 3.63) is 83.9 Å². The second-order valence-corrected chi connectivity index (χ2v) is 10.7.